The van der Waals surface area contributed by atoms with E-state index in [4.69, 9.17) is 4.74 Å². The third kappa shape index (κ3) is 7.71. The van der Waals surface area contributed by atoms with Crippen LogP contribution in [0.1, 0.15) is 70.3 Å². The monoisotopic (exact) mass is 420 g/mol. The van der Waals surface area contributed by atoms with Gasteiger partial charge in [-0.05, 0) is 36.6 Å². The van der Waals surface area contributed by atoms with Crippen molar-refractivity contribution in [3.63, 3.8) is 0 Å². The molecule has 0 atom stereocenters. The second-order valence-corrected chi connectivity index (χ2v) is 8.76. The number of hydrogen-bond donors (Lipinski definition) is 2. The van der Waals surface area contributed by atoms with Gasteiger partial charge in [-0.2, -0.15) is 8.42 Å². The van der Waals surface area contributed by atoms with Crippen LogP contribution in [0, 0.1) is 0 Å². The predicted octanol–water partition coefficient (Wildman–Crippen LogP) is 6.50. The number of benzene rings is 2. The maximum Gasteiger partial charge on any atom is 0.298 e. The number of aromatic hydroxyl groups is 1. The van der Waals surface area contributed by atoms with Crippen LogP contribution in [0.25, 0.3) is 0 Å². The predicted molar refractivity (Wildman–Crippen MR) is 115 cm³/mol. The average molecular weight is 421 g/mol. The van der Waals surface area contributed by atoms with Crippen LogP contribution in [0.2, 0.25) is 0 Å². The smallest absolute Gasteiger partial charge is 0.298 e. The first-order valence-electron chi connectivity index (χ1n) is 10.5. The Morgan fingerprint density at radius 2 is 1.45 bits per heavy atom. The molecule has 0 spiro atoms. The van der Waals surface area contributed by atoms with Crippen LogP contribution >= 0.6 is 0 Å². The Morgan fingerprint density at radius 3 is 2.07 bits per heavy atom. The minimum atomic E-state index is -4.45. The standard InChI is InChI=1S/C23H32O5S/c1-2-3-4-5-6-7-8-9-10-14-19-15-13-18-22(29(25,26)27)23(19)28-21-17-12-11-16-20(21)24/h11-13,15-18,24H,2-10,14H2,1H3,(H,25,26,27). The molecule has 0 aliphatic carbocycles. The van der Waals surface area contributed by atoms with Crippen LogP contribution in [0.5, 0.6) is 17.2 Å². The summed E-state index contributed by atoms with van der Waals surface area (Å²) in [6.45, 7) is 2.22. The normalized spacial score (nSPS) is 11.5. The van der Waals surface area contributed by atoms with E-state index in [2.05, 4.69) is 6.92 Å². The van der Waals surface area contributed by atoms with E-state index >= 15 is 0 Å². The Labute approximate surface area is 174 Å². The lowest BCUT2D eigenvalue weighted by atomic mass is 10.0. The van der Waals surface area contributed by atoms with Gasteiger partial charge >= 0.3 is 0 Å². The fraction of sp³-hybridized carbons (Fsp3) is 0.478. The number of phenols is 1. The molecular formula is C23H32O5S. The van der Waals surface area contributed by atoms with E-state index in [1.54, 1.807) is 30.3 Å². The van der Waals surface area contributed by atoms with Crippen molar-refractivity contribution in [3.8, 4) is 17.2 Å². The summed E-state index contributed by atoms with van der Waals surface area (Å²) in [4.78, 5) is -0.283. The summed E-state index contributed by atoms with van der Waals surface area (Å²) in [6.07, 6.45) is 11.4. The summed E-state index contributed by atoms with van der Waals surface area (Å²) in [5.74, 6) is 0.139. The summed E-state index contributed by atoms with van der Waals surface area (Å²) in [6, 6.07) is 11.1. The zero-order chi connectivity index (χ0) is 21.1. The highest BCUT2D eigenvalue weighted by Crippen LogP contribution is 2.37. The highest BCUT2D eigenvalue weighted by molar-refractivity contribution is 7.86. The van der Waals surface area contributed by atoms with Crippen LogP contribution < -0.4 is 4.74 Å². The highest BCUT2D eigenvalue weighted by atomic mass is 32.2. The number of ether oxygens (including phenoxy) is 1. The first-order chi connectivity index (χ1) is 13.9. The van der Waals surface area contributed by atoms with E-state index in [-0.39, 0.29) is 22.1 Å². The van der Waals surface area contributed by atoms with Crippen molar-refractivity contribution in [2.24, 2.45) is 0 Å². The number of hydrogen-bond acceptors (Lipinski definition) is 4. The molecule has 0 saturated carbocycles. The van der Waals surface area contributed by atoms with Gasteiger partial charge in [0.2, 0.25) is 0 Å². The first kappa shape index (κ1) is 23.2. The Kier molecular flexibility index (Phi) is 9.48. The van der Waals surface area contributed by atoms with Gasteiger partial charge in [-0.3, -0.25) is 4.55 Å². The Balaban J connectivity index is 2.01. The van der Waals surface area contributed by atoms with Crippen molar-refractivity contribution in [2.45, 2.75) is 76.0 Å². The van der Waals surface area contributed by atoms with Gasteiger partial charge in [-0.25, -0.2) is 0 Å². The average Bonchev–Trinajstić information content (AvgIpc) is 2.68. The van der Waals surface area contributed by atoms with Crippen LogP contribution in [0.4, 0.5) is 0 Å². The van der Waals surface area contributed by atoms with E-state index < -0.39 is 10.1 Å². The molecule has 0 aliphatic rings. The molecule has 0 bridgehead atoms. The van der Waals surface area contributed by atoms with Crippen molar-refractivity contribution in [1.29, 1.82) is 0 Å². The third-order valence-corrected chi connectivity index (χ3v) is 5.84. The SMILES string of the molecule is CCCCCCCCCCCc1cccc(S(=O)(=O)O)c1Oc1ccccc1O. The molecule has 2 aromatic rings. The lowest BCUT2D eigenvalue weighted by Gasteiger charge is -2.15. The highest BCUT2D eigenvalue weighted by Gasteiger charge is 2.21. The van der Waals surface area contributed by atoms with Crippen molar-refractivity contribution in [3.05, 3.63) is 48.0 Å². The molecule has 0 saturated heterocycles. The minimum absolute atomic E-state index is 0.0797. The summed E-state index contributed by atoms with van der Waals surface area (Å²) >= 11 is 0. The third-order valence-electron chi connectivity index (χ3n) is 4.97. The Morgan fingerprint density at radius 1 is 0.828 bits per heavy atom. The Hall–Kier alpha value is -2.05. The van der Waals surface area contributed by atoms with E-state index in [9.17, 15) is 18.1 Å². The van der Waals surface area contributed by atoms with Gasteiger partial charge in [0.1, 0.15) is 4.90 Å². The van der Waals surface area contributed by atoms with Crippen molar-refractivity contribution in [1.82, 2.24) is 0 Å². The van der Waals surface area contributed by atoms with E-state index in [1.807, 2.05) is 0 Å². The van der Waals surface area contributed by atoms with Gasteiger partial charge < -0.3 is 9.84 Å². The number of para-hydroxylation sites is 3. The van der Waals surface area contributed by atoms with E-state index in [0.717, 1.165) is 19.3 Å². The van der Waals surface area contributed by atoms with Gasteiger partial charge in [0.15, 0.2) is 17.2 Å². The summed E-state index contributed by atoms with van der Waals surface area (Å²) in [5, 5.41) is 9.97. The fourth-order valence-electron chi connectivity index (χ4n) is 3.36. The molecule has 5 nitrogen and oxygen atoms in total. The minimum Gasteiger partial charge on any atom is -0.504 e. The molecule has 0 aliphatic heterocycles. The van der Waals surface area contributed by atoms with Crippen molar-refractivity contribution < 1.29 is 22.8 Å². The lowest BCUT2D eigenvalue weighted by molar-refractivity contribution is 0.398. The quantitative estimate of drug-likeness (QED) is 0.285. The Bertz CT molecular complexity index is 861. The molecule has 2 rings (SSSR count). The van der Waals surface area contributed by atoms with Crippen molar-refractivity contribution >= 4 is 10.1 Å². The molecule has 29 heavy (non-hydrogen) atoms. The lowest BCUT2D eigenvalue weighted by Crippen LogP contribution is -2.04. The molecule has 160 valence electrons. The second-order valence-electron chi connectivity index (χ2n) is 7.37. The number of aryl methyl sites for hydroxylation is 1. The molecule has 0 unspecified atom stereocenters. The van der Waals surface area contributed by atoms with Gasteiger partial charge in [-0.1, -0.05) is 82.6 Å². The van der Waals surface area contributed by atoms with E-state index in [0.29, 0.717) is 12.0 Å². The van der Waals surface area contributed by atoms with E-state index in [1.165, 1.54) is 50.7 Å². The summed E-state index contributed by atoms with van der Waals surface area (Å²) in [5.41, 5.74) is 0.700. The number of phenolic OH excluding ortho intramolecular Hbond substituents is 1. The summed E-state index contributed by atoms with van der Waals surface area (Å²) < 4.78 is 39.0. The van der Waals surface area contributed by atoms with Crippen LogP contribution in [0.15, 0.2) is 47.4 Å². The maximum absolute atomic E-state index is 11.8. The molecule has 2 aromatic carbocycles. The maximum atomic E-state index is 11.8. The molecule has 0 aromatic heterocycles. The van der Waals surface area contributed by atoms with Gasteiger partial charge in [0, 0.05) is 0 Å². The van der Waals surface area contributed by atoms with Gasteiger partial charge in [-0.15, -0.1) is 0 Å². The zero-order valence-corrected chi connectivity index (χ0v) is 18.0. The van der Waals surface area contributed by atoms with Gasteiger partial charge in [0.05, 0.1) is 0 Å². The number of unbranched alkanes of at least 4 members (excludes halogenated alkanes) is 8. The topological polar surface area (TPSA) is 83.8 Å². The summed E-state index contributed by atoms with van der Waals surface area (Å²) in [7, 11) is -4.45. The van der Waals surface area contributed by atoms with Crippen LogP contribution in [-0.4, -0.2) is 18.1 Å². The largest absolute Gasteiger partial charge is 0.504 e. The number of rotatable bonds is 13. The van der Waals surface area contributed by atoms with Crippen LogP contribution in [0.3, 0.4) is 0 Å². The molecule has 2 N–H and O–H groups in total. The van der Waals surface area contributed by atoms with Gasteiger partial charge in [0.25, 0.3) is 10.1 Å². The molecule has 0 fully saturated rings. The fourth-order valence-corrected chi connectivity index (χ4v) is 4.01. The first-order valence-corrected chi connectivity index (χ1v) is 11.9. The van der Waals surface area contributed by atoms with Crippen LogP contribution in [-0.2, 0) is 16.5 Å². The second kappa shape index (κ2) is 11.8. The van der Waals surface area contributed by atoms with Crippen molar-refractivity contribution in [2.75, 3.05) is 0 Å². The molecule has 6 heteroatoms. The molecule has 0 radical (unpaired) electrons. The molecule has 0 amide bonds. The zero-order valence-electron chi connectivity index (χ0n) is 17.1. The molecule has 0 heterocycles. The molecular weight excluding hydrogens is 388 g/mol.